The van der Waals surface area contributed by atoms with Crippen molar-refractivity contribution in [2.24, 2.45) is 0 Å². The van der Waals surface area contributed by atoms with Gasteiger partial charge in [-0.25, -0.2) is 0 Å². The molecule has 0 bridgehead atoms. The zero-order valence-electron chi connectivity index (χ0n) is 14.3. The lowest BCUT2D eigenvalue weighted by Crippen LogP contribution is -2.49. The van der Waals surface area contributed by atoms with Gasteiger partial charge in [0.25, 0.3) is 5.91 Å². The van der Waals surface area contributed by atoms with Gasteiger partial charge in [0, 0.05) is 48.6 Å². The van der Waals surface area contributed by atoms with Gasteiger partial charge in [0.05, 0.1) is 25.4 Å². The van der Waals surface area contributed by atoms with E-state index < -0.39 is 6.10 Å². The Labute approximate surface area is 162 Å². The van der Waals surface area contributed by atoms with Crippen LogP contribution in [0.1, 0.15) is 39.1 Å². The van der Waals surface area contributed by atoms with E-state index in [2.05, 4.69) is 15.5 Å². The molecule has 9 heteroatoms. The van der Waals surface area contributed by atoms with E-state index in [4.69, 9.17) is 4.74 Å². The third-order valence-electron chi connectivity index (χ3n) is 4.86. The Morgan fingerprint density at radius 3 is 3.23 bits per heavy atom. The number of carbonyl (C=O) groups is 1. The molecule has 0 radical (unpaired) electrons. The van der Waals surface area contributed by atoms with Crippen molar-refractivity contribution in [2.75, 3.05) is 26.3 Å². The summed E-state index contributed by atoms with van der Waals surface area (Å²) in [6.45, 7) is 3.05. The number of halogens is 1. The molecule has 2 aromatic heterocycles. The summed E-state index contributed by atoms with van der Waals surface area (Å²) >= 11 is 1.53. The minimum Gasteiger partial charge on any atom is -0.387 e. The van der Waals surface area contributed by atoms with Crippen LogP contribution in [0.5, 0.6) is 0 Å². The van der Waals surface area contributed by atoms with Crippen molar-refractivity contribution in [3.8, 4) is 0 Å². The molecule has 3 N–H and O–H groups in total. The highest BCUT2D eigenvalue weighted by Gasteiger charge is 2.33. The fourth-order valence-corrected chi connectivity index (χ4v) is 4.24. The number of thiophene rings is 1. The van der Waals surface area contributed by atoms with Gasteiger partial charge >= 0.3 is 0 Å². The van der Waals surface area contributed by atoms with E-state index in [1.54, 1.807) is 0 Å². The average Bonchev–Trinajstić information content (AvgIpc) is 3.31. The van der Waals surface area contributed by atoms with Gasteiger partial charge in [-0.1, -0.05) is 6.07 Å². The van der Waals surface area contributed by atoms with Crippen LogP contribution in [0.15, 0.2) is 17.5 Å². The highest BCUT2D eigenvalue weighted by molar-refractivity contribution is 7.10. The standard InChI is InChI=1S/C17H22N4O3S.ClH/c22-14(15-2-1-7-25-15)8-11-10-24-6-5-21(11)17(23)16-12-9-18-4-3-13(12)19-20-16;/h1-2,7,11,14,18,22H,3-6,8-10H2,(H,19,20);1H. The number of fused-ring (bicyclic) bond motifs is 1. The summed E-state index contributed by atoms with van der Waals surface area (Å²) in [5.41, 5.74) is 2.52. The van der Waals surface area contributed by atoms with Gasteiger partial charge < -0.3 is 20.1 Å². The number of aromatic nitrogens is 2. The minimum absolute atomic E-state index is 0. The summed E-state index contributed by atoms with van der Waals surface area (Å²) < 4.78 is 5.57. The van der Waals surface area contributed by atoms with Gasteiger partial charge in [-0.15, -0.1) is 23.7 Å². The largest absolute Gasteiger partial charge is 0.387 e. The van der Waals surface area contributed by atoms with Crippen molar-refractivity contribution in [3.05, 3.63) is 39.3 Å². The first-order valence-electron chi connectivity index (χ1n) is 8.61. The van der Waals surface area contributed by atoms with Crippen molar-refractivity contribution >= 4 is 29.7 Å². The molecule has 4 rings (SSSR count). The summed E-state index contributed by atoms with van der Waals surface area (Å²) in [4.78, 5) is 15.8. The molecule has 2 unspecified atom stereocenters. The maximum atomic E-state index is 13.1. The van der Waals surface area contributed by atoms with Crippen molar-refractivity contribution in [1.29, 1.82) is 0 Å². The molecule has 0 aromatic carbocycles. The van der Waals surface area contributed by atoms with E-state index in [-0.39, 0.29) is 24.4 Å². The van der Waals surface area contributed by atoms with E-state index in [1.807, 2.05) is 22.4 Å². The van der Waals surface area contributed by atoms with Crippen molar-refractivity contribution in [3.63, 3.8) is 0 Å². The zero-order valence-corrected chi connectivity index (χ0v) is 15.9. The number of ether oxygens (including phenoxy) is 1. The molecule has 1 saturated heterocycles. The second kappa shape index (κ2) is 8.49. The molecule has 1 amide bonds. The first-order chi connectivity index (χ1) is 12.2. The van der Waals surface area contributed by atoms with E-state index in [0.29, 0.717) is 38.4 Å². The summed E-state index contributed by atoms with van der Waals surface area (Å²) in [5.74, 6) is -0.0760. The van der Waals surface area contributed by atoms with Gasteiger partial charge in [0.15, 0.2) is 5.69 Å². The van der Waals surface area contributed by atoms with Crippen molar-refractivity contribution < 1.29 is 14.6 Å². The third-order valence-corrected chi connectivity index (χ3v) is 5.84. The summed E-state index contributed by atoms with van der Waals surface area (Å²) in [7, 11) is 0. The maximum Gasteiger partial charge on any atom is 0.275 e. The van der Waals surface area contributed by atoms with Crippen LogP contribution in [0.25, 0.3) is 0 Å². The highest BCUT2D eigenvalue weighted by Crippen LogP contribution is 2.27. The molecule has 2 aliphatic rings. The predicted molar refractivity (Wildman–Crippen MR) is 101 cm³/mol. The summed E-state index contributed by atoms with van der Waals surface area (Å²) in [5, 5.41) is 23.0. The topological polar surface area (TPSA) is 90.5 Å². The average molecular weight is 399 g/mol. The number of hydrogen-bond acceptors (Lipinski definition) is 6. The molecule has 4 heterocycles. The van der Waals surface area contributed by atoms with E-state index >= 15 is 0 Å². The number of morpholine rings is 1. The number of hydrogen-bond donors (Lipinski definition) is 3. The number of H-pyrrole nitrogens is 1. The zero-order chi connectivity index (χ0) is 17.2. The van der Waals surface area contributed by atoms with Crippen LogP contribution in [0.3, 0.4) is 0 Å². The van der Waals surface area contributed by atoms with Crippen molar-refractivity contribution in [1.82, 2.24) is 20.4 Å². The van der Waals surface area contributed by atoms with Crippen LogP contribution in [0.2, 0.25) is 0 Å². The van der Waals surface area contributed by atoms with Gasteiger partial charge in [-0.2, -0.15) is 5.10 Å². The number of amides is 1. The molecule has 0 spiro atoms. The van der Waals surface area contributed by atoms with Gasteiger partial charge in [-0.05, 0) is 11.4 Å². The summed E-state index contributed by atoms with van der Waals surface area (Å²) in [6.07, 6.45) is 0.743. The lowest BCUT2D eigenvalue weighted by molar-refractivity contribution is -0.0173. The van der Waals surface area contributed by atoms with Gasteiger partial charge in [-0.3, -0.25) is 9.89 Å². The van der Waals surface area contributed by atoms with Crippen LogP contribution in [0.4, 0.5) is 0 Å². The fourth-order valence-electron chi connectivity index (χ4n) is 3.51. The van der Waals surface area contributed by atoms with Gasteiger partial charge in [0.1, 0.15) is 0 Å². The highest BCUT2D eigenvalue weighted by atomic mass is 35.5. The molecular formula is C17H23ClN4O3S. The minimum atomic E-state index is -0.586. The molecule has 2 aliphatic heterocycles. The monoisotopic (exact) mass is 398 g/mol. The molecular weight excluding hydrogens is 376 g/mol. The third kappa shape index (κ3) is 3.79. The van der Waals surface area contributed by atoms with Crippen LogP contribution in [-0.2, 0) is 17.7 Å². The second-order valence-corrected chi connectivity index (χ2v) is 7.43. The number of carbonyl (C=O) groups excluding carboxylic acids is 1. The Bertz CT molecular complexity index is 736. The van der Waals surface area contributed by atoms with Crippen LogP contribution < -0.4 is 5.32 Å². The number of nitrogens with zero attached hydrogens (tertiary/aromatic N) is 2. The van der Waals surface area contributed by atoms with E-state index in [1.165, 1.54) is 11.3 Å². The smallest absolute Gasteiger partial charge is 0.275 e. The molecule has 0 saturated carbocycles. The molecule has 26 heavy (non-hydrogen) atoms. The van der Waals surface area contributed by atoms with Crippen LogP contribution >= 0.6 is 23.7 Å². The molecule has 2 aromatic rings. The number of aliphatic hydroxyl groups excluding tert-OH is 1. The molecule has 1 fully saturated rings. The lowest BCUT2D eigenvalue weighted by Gasteiger charge is -2.36. The predicted octanol–water partition coefficient (Wildman–Crippen LogP) is 1.50. The van der Waals surface area contributed by atoms with E-state index in [9.17, 15) is 9.90 Å². The molecule has 0 aliphatic carbocycles. The molecule has 142 valence electrons. The normalized spacial score (nSPS) is 21.0. The van der Waals surface area contributed by atoms with Crippen LogP contribution in [0, 0.1) is 0 Å². The summed E-state index contributed by atoms with van der Waals surface area (Å²) in [6, 6.07) is 3.69. The number of aromatic amines is 1. The SMILES string of the molecule is Cl.O=C(c1n[nH]c2c1CNCC2)N1CCOCC1CC(O)c1cccs1. The Morgan fingerprint density at radius 2 is 2.42 bits per heavy atom. The maximum absolute atomic E-state index is 13.1. The number of rotatable bonds is 4. The lowest BCUT2D eigenvalue weighted by atomic mass is 10.0. The first kappa shape index (κ1) is 19.3. The number of nitrogens with one attached hydrogen (secondary N) is 2. The Hall–Kier alpha value is -1.45. The van der Waals surface area contributed by atoms with E-state index in [0.717, 1.165) is 29.1 Å². The van der Waals surface area contributed by atoms with Crippen LogP contribution in [-0.4, -0.2) is 58.5 Å². The Balaban J connectivity index is 0.00000196. The van der Waals surface area contributed by atoms with Gasteiger partial charge in [0.2, 0.25) is 0 Å². The van der Waals surface area contributed by atoms with Crippen molar-refractivity contribution in [2.45, 2.75) is 31.5 Å². The Morgan fingerprint density at radius 1 is 1.54 bits per heavy atom. The quantitative estimate of drug-likeness (QED) is 0.726. The first-order valence-corrected chi connectivity index (χ1v) is 9.49. The fraction of sp³-hybridized carbons (Fsp3) is 0.529. The second-order valence-electron chi connectivity index (χ2n) is 6.45. The Kier molecular flexibility index (Phi) is 6.31. The number of aliphatic hydroxyl groups is 1. The molecule has 2 atom stereocenters. The molecule has 7 nitrogen and oxygen atoms in total.